The molecule has 5 nitrogen and oxygen atoms in total. The van der Waals surface area contributed by atoms with E-state index in [4.69, 9.17) is 0 Å². The molecule has 1 heterocycles. The molecule has 0 radical (unpaired) electrons. The van der Waals surface area contributed by atoms with Crippen LogP contribution in [-0.4, -0.2) is 55.4 Å². The molecular weight excluding hydrogens is 610 g/mol. The molecule has 14 heteroatoms. The fourth-order valence-electron chi connectivity index (χ4n) is 7.14. The SMILES string of the molecule is O=C([C@@H](O)C1CCCCC1)N1CC[C@@]2(S(=O)(=O)c3ccc(F)cc3)c3ccc(C(F)(C(F)(F)F)C(F)(F)F)cc3CC[C@@H]12. The number of fused-ring (bicyclic) bond motifs is 3. The van der Waals surface area contributed by atoms with Gasteiger partial charge in [-0.15, -0.1) is 0 Å². The Hall–Kier alpha value is -2.74. The quantitative estimate of drug-likeness (QED) is 0.309. The van der Waals surface area contributed by atoms with Gasteiger partial charge in [-0.3, -0.25) is 4.79 Å². The van der Waals surface area contributed by atoms with E-state index in [0.717, 1.165) is 49.6 Å². The van der Waals surface area contributed by atoms with Crippen LogP contribution in [0.1, 0.15) is 61.6 Å². The molecule has 0 unspecified atom stereocenters. The van der Waals surface area contributed by atoms with Crippen LogP contribution < -0.4 is 0 Å². The Kier molecular flexibility index (Phi) is 7.89. The van der Waals surface area contributed by atoms with Crippen molar-refractivity contribution in [3.63, 3.8) is 0 Å². The van der Waals surface area contributed by atoms with Crippen molar-refractivity contribution in [1.29, 1.82) is 0 Å². The van der Waals surface area contributed by atoms with Crippen LogP contribution in [0.3, 0.4) is 0 Å². The third kappa shape index (κ3) is 4.83. The van der Waals surface area contributed by atoms with Crippen molar-refractivity contribution in [1.82, 2.24) is 4.90 Å². The van der Waals surface area contributed by atoms with Gasteiger partial charge in [-0.25, -0.2) is 17.2 Å². The normalized spacial score (nSPS) is 24.4. The molecule has 2 aromatic carbocycles. The Morgan fingerprint density at radius 2 is 1.51 bits per heavy atom. The van der Waals surface area contributed by atoms with Crippen molar-refractivity contribution in [2.45, 2.75) is 91.2 Å². The molecule has 0 spiro atoms. The largest absolute Gasteiger partial charge is 0.435 e. The molecule has 2 fully saturated rings. The Bertz CT molecular complexity index is 1470. The van der Waals surface area contributed by atoms with E-state index < -0.39 is 62.0 Å². The van der Waals surface area contributed by atoms with E-state index in [2.05, 4.69) is 0 Å². The number of aryl methyl sites for hydroxylation is 1. The van der Waals surface area contributed by atoms with Crippen LogP contribution in [0.4, 0.5) is 35.1 Å². The minimum Gasteiger partial charge on any atom is -0.383 e. The Morgan fingerprint density at radius 3 is 2.09 bits per heavy atom. The van der Waals surface area contributed by atoms with Crippen LogP contribution in [0.5, 0.6) is 0 Å². The summed E-state index contributed by atoms with van der Waals surface area (Å²) in [6, 6.07) is 4.05. The van der Waals surface area contributed by atoms with E-state index in [9.17, 15) is 53.4 Å². The predicted octanol–water partition coefficient (Wildman–Crippen LogP) is 6.27. The van der Waals surface area contributed by atoms with Crippen LogP contribution in [0.2, 0.25) is 0 Å². The summed E-state index contributed by atoms with van der Waals surface area (Å²) >= 11 is 0. The first-order valence-corrected chi connectivity index (χ1v) is 15.4. The molecule has 2 aromatic rings. The number of nitrogens with zero attached hydrogens (tertiary/aromatic N) is 1. The van der Waals surface area contributed by atoms with Crippen molar-refractivity contribution in [2.75, 3.05) is 6.54 Å². The third-order valence-corrected chi connectivity index (χ3v) is 11.8. The second kappa shape index (κ2) is 10.7. The summed E-state index contributed by atoms with van der Waals surface area (Å²) in [6.45, 7) is -0.174. The summed E-state index contributed by atoms with van der Waals surface area (Å²) in [5, 5.41) is 11.0. The molecule has 236 valence electrons. The van der Waals surface area contributed by atoms with Gasteiger partial charge >= 0.3 is 18.0 Å². The van der Waals surface area contributed by atoms with Gasteiger partial charge in [0, 0.05) is 12.1 Å². The topological polar surface area (TPSA) is 74.7 Å². The highest BCUT2D eigenvalue weighted by Gasteiger charge is 2.74. The van der Waals surface area contributed by atoms with Gasteiger partial charge in [0.25, 0.3) is 5.91 Å². The second-order valence-corrected chi connectivity index (χ2v) is 13.8. The second-order valence-electron chi connectivity index (χ2n) is 11.6. The third-order valence-electron chi connectivity index (χ3n) is 9.30. The van der Waals surface area contributed by atoms with Crippen molar-refractivity contribution in [2.24, 2.45) is 5.92 Å². The lowest BCUT2D eigenvalue weighted by Gasteiger charge is -2.43. The zero-order valence-electron chi connectivity index (χ0n) is 22.7. The molecule has 3 aliphatic rings. The zero-order chi connectivity index (χ0) is 31.6. The molecule has 0 aromatic heterocycles. The van der Waals surface area contributed by atoms with Gasteiger partial charge in [0.05, 0.1) is 10.9 Å². The first-order valence-electron chi connectivity index (χ1n) is 13.9. The van der Waals surface area contributed by atoms with Gasteiger partial charge in [-0.05, 0) is 73.4 Å². The number of aliphatic hydroxyl groups excluding tert-OH is 1. The summed E-state index contributed by atoms with van der Waals surface area (Å²) in [5.74, 6) is -1.80. The molecule has 2 aliphatic carbocycles. The molecule has 1 saturated carbocycles. The van der Waals surface area contributed by atoms with Crippen LogP contribution in [0.15, 0.2) is 47.4 Å². The van der Waals surface area contributed by atoms with E-state index in [1.165, 1.54) is 4.90 Å². The maximum Gasteiger partial charge on any atom is 0.435 e. The number of benzene rings is 2. The zero-order valence-corrected chi connectivity index (χ0v) is 23.5. The van der Waals surface area contributed by atoms with Crippen LogP contribution >= 0.6 is 0 Å². The number of sulfone groups is 1. The smallest absolute Gasteiger partial charge is 0.383 e. The molecule has 0 bridgehead atoms. The molecule has 3 atom stereocenters. The average molecular weight is 640 g/mol. The average Bonchev–Trinajstić information content (AvgIpc) is 3.37. The van der Waals surface area contributed by atoms with Gasteiger partial charge in [-0.2, -0.15) is 26.3 Å². The summed E-state index contributed by atoms with van der Waals surface area (Å²) < 4.78 is 136. The number of carbonyl (C=O) groups excluding carboxylic acids is 1. The first-order chi connectivity index (χ1) is 20.0. The van der Waals surface area contributed by atoms with Gasteiger partial charge in [0.15, 0.2) is 9.84 Å². The molecule has 1 N–H and O–H groups in total. The lowest BCUT2D eigenvalue weighted by atomic mass is 9.76. The number of likely N-dealkylation sites (tertiary alicyclic amines) is 1. The maximum absolute atomic E-state index is 15.0. The number of alkyl halides is 7. The fraction of sp³-hybridized carbons (Fsp3) is 0.552. The summed E-state index contributed by atoms with van der Waals surface area (Å²) in [4.78, 5) is 14.5. The first kappa shape index (κ1) is 31.7. The number of halogens is 8. The molecule has 1 aliphatic heterocycles. The van der Waals surface area contributed by atoms with Crippen molar-refractivity contribution < 1.29 is 53.4 Å². The standard InChI is InChI=1S/C29H29F8NO4S/c30-20-8-10-21(11-9-20)43(41,42)26-14-15-38(25(40)24(39)17-4-2-1-3-5-17)23(26)13-6-18-16-19(7-12-22(18)26)27(31,28(32,33)34)29(35,36)37/h7-12,16-17,23-24,39H,1-6,13-15H2/t23-,24+,26-/m1/s1. The number of amides is 1. The number of hydrogen-bond acceptors (Lipinski definition) is 4. The maximum atomic E-state index is 15.0. The van der Waals surface area contributed by atoms with E-state index in [1.807, 2.05) is 0 Å². The molecule has 1 saturated heterocycles. The van der Waals surface area contributed by atoms with Gasteiger partial charge in [0.1, 0.15) is 16.7 Å². The highest BCUT2D eigenvalue weighted by atomic mass is 32.2. The van der Waals surface area contributed by atoms with Crippen molar-refractivity contribution in [3.05, 3.63) is 65.0 Å². The number of rotatable bonds is 5. The monoisotopic (exact) mass is 639 g/mol. The Morgan fingerprint density at radius 1 is 0.907 bits per heavy atom. The van der Waals surface area contributed by atoms with Crippen molar-refractivity contribution in [3.8, 4) is 0 Å². The highest BCUT2D eigenvalue weighted by Crippen LogP contribution is 2.57. The van der Waals surface area contributed by atoms with E-state index in [1.54, 1.807) is 0 Å². The molecule has 43 heavy (non-hydrogen) atoms. The Labute approximate surface area is 242 Å². The van der Waals surface area contributed by atoms with Crippen molar-refractivity contribution >= 4 is 15.7 Å². The van der Waals surface area contributed by atoms with Gasteiger partial charge in [-0.1, -0.05) is 37.5 Å². The lowest BCUT2D eigenvalue weighted by molar-refractivity contribution is -0.348. The number of aliphatic hydroxyl groups is 1. The van der Waals surface area contributed by atoms with Crippen LogP contribution in [0.25, 0.3) is 0 Å². The van der Waals surface area contributed by atoms with E-state index in [0.29, 0.717) is 18.9 Å². The minimum absolute atomic E-state index is 0.161. The number of carbonyl (C=O) groups is 1. The lowest BCUT2D eigenvalue weighted by Crippen LogP contribution is -2.55. The highest BCUT2D eigenvalue weighted by molar-refractivity contribution is 7.92. The summed E-state index contributed by atoms with van der Waals surface area (Å²) in [6.07, 6.45) is -11.1. The summed E-state index contributed by atoms with van der Waals surface area (Å²) in [5.41, 5.74) is -7.85. The van der Waals surface area contributed by atoms with E-state index in [-0.39, 0.29) is 53.8 Å². The van der Waals surface area contributed by atoms with Crippen LogP contribution in [-0.2, 0) is 31.5 Å². The summed E-state index contributed by atoms with van der Waals surface area (Å²) in [7, 11) is -4.59. The molecule has 1 amide bonds. The fourth-order valence-corrected chi connectivity index (χ4v) is 9.51. The van der Waals surface area contributed by atoms with Gasteiger partial charge < -0.3 is 10.0 Å². The Balaban J connectivity index is 1.65. The molecule has 5 rings (SSSR count). The van der Waals surface area contributed by atoms with E-state index >= 15 is 0 Å². The van der Waals surface area contributed by atoms with Gasteiger partial charge in [0.2, 0.25) is 0 Å². The number of hydrogen-bond donors (Lipinski definition) is 1. The minimum atomic E-state index is -6.36. The molecular formula is C29H29F8NO4S. The predicted molar refractivity (Wildman–Crippen MR) is 138 cm³/mol. The van der Waals surface area contributed by atoms with Crippen LogP contribution in [0, 0.1) is 11.7 Å².